The normalized spacial score (nSPS) is 10.8. The van der Waals surface area contributed by atoms with Crippen molar-refractivity contribution >= 4 is 17.7 Å². The van der Waals surface area contributed by atoms with Crippen LogP contribution in [0.15, 0.2) is 29.4 Å². The molecule has 6 nitrogen and oxygen atoms in total. The lowest BCUT2D eigenvalue weighted by Crippen LogP contribution is -2.09. The second kappa shape index (κ2) is 7.24. The van der Waals surface area contributed by atoms with Crippen LogP contribution in [-0.4, -0.2) is 45.3 Å². The second-order valence-corrected chi connectivity index (χ2v) is 5.39. The van der Waals surface area contributed by atoms with Crippen molar-refractivity contribution in [3.63, 3.8) is 0 Å². The first-order valence-corrected chi connectivity index (χ1v) is 7.44. The molecule has 1 aromatic carbocycles. The fourth-order valence-electron chi connectivity index (χ4n) is 1.93. The van der Waals surface area contributed by atoms with Crippen molar-refractivity contribution in [2.45, 2.75) is 18.6 Å². The molecule has 0 amide bonds. The third kappa shape index (κ3) is 3.83. The zero-order chi connectivity index (χ0) is 15.2. The maximum Gasteiger partial charge on any atom is 0.313 e. The summed E-state index contributed by atoms with van der Waals surface area (Å²) in [5.74, 6) is -0.185. The highest BCUT2D eigenvalue weighted by molar-refractivity contribution is 7.99. The van der Waals surface area contributed by atoms with E-state index in [4.69, 9.17) is 9.84 Å². The number of thioether (sulfide) groups is 1. The maximum atomic E-state index is 10.7. The molecule has 0 radical (unpaired) electrons. The van der Waals surface area contributed by atoms with Gasteiger partial charge < -0.3 is 9.84 Å². The first-order valence-electron chi connectivity index (χ1n) is 6.46. The number of aromatic nitrogens is 3. The second-order valence-electron chi connectivity index (χ2n) is 4.45. The zero-order valence-corrected chi connectivity index (χ0v) is 12.8. The molecule has 0 saturated heterocycles. The Balaban J connectivity index is 2.36. The van der Waals surface area contributed by atoms with E-state index in [2.05, 4.69) is 10.2 Å². The molecule has 0 unspecified atom stereocenters. The van der Waals surface area contributed by atoms with Crippen LogP contribution in [0.2, 0.25) is 0 Å². The predicted octanol–water partition coefficient (Wildman–Crippen LogP) is 2.08. The number of benzene rings is 1. The molecular formula is C14H17N3O3S. The molecule has 2 rings (SSSR count). The van der Waals surface area contributed by atoms with Gasteiger partial charge in [0.25, 0.3) is 0 Å². The largest absolute Gasteiger partial charge is 0.481 e. The third-order valence-electron chi connectivity index (χ3n) is 2.95. The number of nitrogens with zero attached hydrogens (tertiary/aromatic N) is 3. The van der Waals surface area contributed by atoms with Gasteiger partial charge in [0.1, 0.15) is 0 Å². The number of ether oxygens (including phenoxy) is 1. The van der Waals surface area contributed by atoms with Crippen molar-refractivity contribution in [3.8, 4) is 11.4 Å². The quantitative estimate of drug-likeness (QED) is 0.789. The van der Waals surface area contributed by atoms with Gasteiger partial charge in [-0.1, -0.05) is 36.0 Å². The van der Waals surface area contributed by atoms with Gasteiger partial charge in [-0.15, -0.1) is 10.2 Å². The summed E-state index contributed by atoms with van der Waals surface area (Å²) in [4.78, 5) is 10.7. The van der Waals surface area contributed by atoms with E-state index in [0.29, 0.717) is 18.3 Å². The number of hydrogen-bond acceptors (Lipinski definition) is 5. The molecule has 0 fully saturated rings. The highest BCUT2D eigenvalue weighted by atomic mass is 32.2. The maximum absolute atomic E-state index is 10.7. The van der Waals surface area contributed by atoms with E-state index < -0.39 is 5.97 Å². The Kier molecular flexibility index (Phi) is 5.35. The van der Waals surface area contributed by atoms with Gasteiger partial charge in [0.15, 0.2) is 11.0 Å². The summed E-state index contributed by atoms with van der Waals surface area (Å²) in [7, 11) is 1.63. The lowest BCUT2D eigenvalue weighted by Gasteiger charge is -2.10. The number of methoxy groups -OCH3 is 1. The lowest BCUT2D eigenvalue weighted by molar-refractivity contribution is -0.133. The van der Waals surface area contributed by atoms with Gasteiger partial charge in [-0.25, -0.2) is 0 Å². The van der Waals surface area contributed by atoms with Gasteiger partial charge in [0.05, 0.1) is 18.9 Å². The average Bonchev–Trinajstić information content (AvgIpc) is 2.86. The number of hydrogen-bond donors (Lipinski definition) is 1. The molecule has 0 aliphatic rings. The van der Waals surface area contributed by atoms with E-state index in [9.17, 15) is 4.79 Å². The summed E-state index contributed by atoms with van der Waals surface area (Å²) >= 11 is 1.16. The van der Waals surface area contributed by atoms with Crippen LogP contribution in [0.5, 0.6) is 0 Å². The number of rotatable bonds is 7. The SMILES string of the molecule is COCCn1c(SCC(=O)O)nnc1-c1ccccc1C. The van der Waals surface area contributed by atoms with Crippen LogP contribution < -0.4 is 0 Å². The van der Waals surface area contributed by atoms with E-state index in [1.165, 1.54) is 0 Å². The molecule has 2 aromatic rings. The zero-order valence-electron chi connectivity index (χ0n) is 11.9. The number of carbonyl (C=O) groups is 1. The molecule has 1 aromatic heterocycles. The molecule has 7 heteroatoms. The van der Waals surface area contributed by atoms with E-state index in [0.717, 1.165) is 28.7 Å². The Morgan fingerprint density at radius 3 is 2.81 bits per heavy atom. The number of aliphatic carboxylic acids is 1. The van der Waals surface area contributed by atoms with Crippen molar-refractivity contribution in [1.29, 1.82) is 0 Å². The summed E-state index contributed by atoms with van der Waals surface area (Å²) in [6.45, 7) is 3.10. The minimum atomic E-state index is -0.876. The van der Waals surface area contributed by atoms with Crippen LogP contribution in [0.4, 0.5) is 0 Å². The number of carboxylic acid groups (broad SMARTS) is 1. The molecule has 1 N–H and O–H groups in total. The standard InChI is InChI=1S/C14H17N3O3S/c1-10-5-3-4-6-11(10)13-15-16-14(21-9-12(18)19)17(13)7-8-20-2/h3-6H,7-9H2,1-2H3,(H,18,19). The lowest BCUT2D eigenvalue weighted by atomic mass is 10.1. The Morgan fingerprint density at radius 2 is 2.14 bits per heavy atom. The van der Waals surface area contributed by atoms with Crippen LogP contribution in [0.25, 0.3) is 11.4 Å². The van der Waals surface area contributed by atoms with Crippen LogP contribution in [-0.2, 0) is 16.1 Å². The van der Waals surface area contributed by atoms with Crippen molar-refractivity contribution < 1.29 is 14.6 Å². The molecule has 0 atom stereocenters. The van der Waals surface area contributed by atoms with Gasteiger partial charge >= 0.3 is 5.97 Å². The smallest absolute Gasteiger partial charge is 0.313 e. The topological polar surface area (TPSA) is 77.2 Å². The summed E-state index contributed by atoms with van der Waals surface area (Å²) in [6, 6.07) is 7.90. The fourth-order valence-corrected chi connectivity index (χ4v) is 2.61. The first-order chi connectivity index (χ1) is 10.1. The van der Waals surface area contributed by atoms with Gasteiger partial charge in [-0.05, 0) is 12.5 Å². The number of aryl methyl sites for hydroxylation is 1. The molecule has 21 heavy (non-hydrogen) atoms. The first kappa shape index (κ1) is 15.5. The molecule has 0 aliphatic carbocycles. The summed E-state index contributed by atoms with van der Waals surface area (Å²) in [5, 5.41) is 17.7. The Hall–Kier alpha value is -1.86. The Bertz CT molecular complexity index is 628. The van der Waals surface area contributed by atoms with E-state index >= 15 is 0 Å². The molecule has 0 saturated carbocycles. The van der Waals surface area contributed by atoms with Crippen LogP contribution in [0.3, 0.4) is 0 Å². The van der Waals surface area contributed by atoms with Gasteiger partial charge in [-0.3, -0.25) is 9.36 Å². The molecule has 112 valence electrons. The third-order valence-corrected chi connectivity index (χ3v) is 3.90. The summed E-state index contributed by atoms with van der Waals surface area (Å²) in [6.07, 6.45) is 0. The van der Waals surface area contributed by atoms with E-state index in [-0.39, 0.29) is 5.75 Å². The minimum Gasteiger partial charge on any atom is -0.481 e. The van der Waals surface area contributed by atoms with Crippen molar-refractivity contribution in [3.05, 3.63) is 29.8 Å². The minimum absolute atomic E-state index is 0.0428. The van der Waals surface area contributed by atoms with Crippen LogP contribution in [0, 0.1) is 6.92 Å². The molecule has 0 spiro atoms. The molecule has 1 heterocycles. The summed E-state index contributed by atoms with van der Waals surface area (Å²) < 4.78 is 7.02. The van der Waals surface area contributed by atoms with Crippen molar-refractivity contribution in [2.24, 2.45) is 0 Å². The van der Waals surface area contributed by atoms with Gasteiger partial charge in [0.2, 0.25) is 0 Å². The Labute approximate surface area is 127 Å². The van der Waals surface area contributed by atoms with E-state index in [1.54, 1.807) is 7.11 Å². The van der Waals surface area contributed by atoms with Crippen LogP contribution >= 0.6 is 11.8 Å². The van der Waals surface area contributed by atoms with Crippen molar-refractivity contribution in [2.75, 3.05) is 19.5 Å². The van der Waals surface area contributed by atoms with Crippen molar-refractivity contribution in [1.82, 2.24) is 14.8 Å². The van der Waals surface area contributed by atoms with E-state index in [1.807, 2.05) is 35.8 Å². The molecule has 0 bridgehead atoms. The highest BCUT2D eigenvalue weighted by Gasteiger charge is 2.16. The average molecular weight is 307 g/mol. The Morgan fingerprint density at radius 1 is 1.38 bits per heavy atom. The summed E-state index contributed by atoms with van der Waals surface area (Å²) in [5.41, 5.74) is 2.08. The number of carboxylic acids is 1. The van der Waals surface area contributed by atoms with Gasteiger partial charge in [-0.2, -0.15) is 0 Å². The fraction of sp³-hybridized carbons (Fsp3) is 0.357. The molecule has 0 aliphatic heterocycles. The highest BCUT2D eigenvalue weighted by Crippen LogP contribution is 2.26. The molecular weight excluding hydrogens is 290 g/mol. The van der Waals surface area contributed by atoms with Gasteiger partial charge in [0, 0.05) is 12.7 Å². The van der Waals surface area contributed by atoms with Crippen LogP contribution in [0.1, 0.15) is 5.56 Å². The monoisotopic (exact) mass is 307 g/mol. The predicted molar refractivity (Wildman–Crippen MR) is 80.4 cm³/mol.